The van der Waals surface area contributed by atoms with E-state index >= 15 is 0 Å². The average Bonchev–Trinajstić information content (AvgIpc) is 3.25. The van der Waals surface area contributed by atoms with Gasteiger partial charge in [-0.05, 0) is 29.6 Å². The Morgan fingerprint density at radius 2 is 1.79 bits per heavy atom. The minimum atomic E-state index is -3.97. The molecule has 0 atom stereocenters. The summed E-state index contributed by atoms with van der Waals surface area (Å²) in [7, 11) is -3.97. The second kappa shape index (κ2) is 8.97. The van der Waals surface area contributed by atoms with Crippen LogP contribution < -0.4 is 5.32 Å². The van der Waals surface area contributed by atoms with Gasteiger partial charge >= 0.3 is 0 Å². The normalized spacial score (nSPS) is 15.3. The number of sulfonamides is 1. The molecule has 7 nitrogen and oxygen atoms in total. The van der Waals surface area contributed by atoms with E-state index in [1.54, 1.807) is 16.8 Å². The summed E-state index contributed by atoms with van der Waals surface area (Å²) in [6.45, 7) is 0.643. The number of thiophene rings is 1. The van der Waals surface area contributed by atoms with Crippen molar-refractivity contribution in [2.75, 3.05) is 32.7 Å². The molecule has 1 N–H and O–H groups in total. The Balaban J connectivity index is 1.49. The lowest BCUT2D eigenvalue weighted by molar-refractivity contribution is -0.132. The summed E-state index contributed by atoms with van der Waals surface area (Å²) in [6, 6.07) is 4.13. The average molecular weight is 443 g/mol. The minimum absolute atomic E-state index is 0.0499. The van der Waals surface area contributed by atoms with E-state index in [0.717, 1.165) is 16.4 Å². The van der Waals surface area contributed by atoms with Crippen molar-refractivity contribution in [3.05, 3.63) is 52.2 Å². The van der Waals surface area contributed by atoms with Crippen molar-refractivity contribution < 1.29 is 26.8 Å². The largest absolute Gasteiger partial charge is 0.351 e. The lowest BCUT2D eigenvalue weighted by Gasteiger charge is -2.34. The fraction of sp³-hybridized carbons (Fsp3) is 0.333. The van der Waals surface area contributed by atoms with Gasteiger partial charge in [0.05, 0.1) is 4.90 Å². The third-order valence-corrected chi connectivity index (χ3v) is 7.11. The first-order valence-electron chi connectivity index (χ1n) is 8.82. The molecule has 3 rings (SSSR count). The zero-order valence-corrected chi connectivity index (χ0v) is 16.9. The van der Waals surface area contributed by atoms with Crippen molar-refractivity contribution in [3.63, 3.8) is 0 Å². The van der Waals surface area contributed by atoms with Crippen molar-refractivity contribution in [2.45, 2.75) is 11.3 Å². The van der Waals surface area contributed by atoms with Crippen molar-refractivity contribution in [3.8, 4) is 0 Å². The highest BCUT2D eigenvalue weighted by atomic mass is 32.2. The predicted octanol–water partition coefficient (Wildman–Crippen LogP) is 1.68. The van der Waals surface area contributed by atoms with Gasteiger partial charge in [0.25, 0.3) is 5.91 Å². The van der Waals surface area contributed by atoms with Crippen molar-refractivity contribution in [1.82, 2.24) is 14.5 Å². The molecule has 0 radical (unpaired) electrons. The van der Waals surface area contributed by atoms with E-state index in [1.807, 2.05) is 0 Å². The number of nitrogens with zero attached hydrogens (tertiary/aromatic N) is 2. The summed E-state index contributed by atoms with van der Waals surface area (Å²) in [6.07, 6.45) is 0.103. The fourth-order valence-electron chi connectivity index (χ4n) is 2.90. The Morgan fingerprint density at radius 3 is 2.41 bits per heavy atom. The lowest BCUT2D eigenvalue weighted by atomic mass is 10.3. The van der Waals surface area contributed by atoms with Gasteiger partial charge in [-0.3, -0.25) is 9.59 Å². The SMILES string of the molecule is O=C(NCCC(=O)N1CCN(S(=O)(=O)c2ccc(F)c(F)c2)CC1)c1ccsc1. The number of hydrogen-bond acceptors (Lipinski definition) is 5. The molecule has 0 bridgehead atoms. The molecule has 0 aliphatic carbocycles. The van der Waals surface area contributed by atoms with Crippen LogP contribution in [-0.4, -0.2) is 62.2 Å². The summed E-state index contributed by atoms with van der Waals surface area (Å²) in [4.78, 5) is 25.3. The van der Waals surface area contributed by atoms with Gasteiger partial charge in [0.15, 0.2) is 11.6 Å². The zero-order valence-electron chi connectivity index (χ0n) is 15.3. The van der Waals surface area contributed by atoms with E-state index in [-0.39, 0.29) is 55.9 Å². The first kappa shape index (κ1) is 21.3. The number of rotatable bonds is 6. The van der Waals surface area contributed by atoms with Crippen LogP contribution in [0.3, 0.4) is 0 Å². The van der Waals surface area contributed by atoms with E-state index < -0.39 is 21.7 Å². The van der Waals surface area contributed by atoms with Crippen LogP contribution in [0.4, 0.5) is 8.78 Å². The van der Waals surface area contributed by atoms with Crippen LogP contribution in [-0.2, 0) is 14.8 Å². The van der Waals surface area contributed by atoms with Crippen LogP contribution in [0.1, 0.15) is 16.8 Å². The smallest absolute Gasteiger partial charge is 0.252 e. The molecular formula is C18H19F2N3O4S2. The minimum Gasteiger partial charge on any atom is -0.351 e. The Labute approximate surface area is 171 Å². The molecule has 11 heteroatoms. The van der Waals surface area contributed by atoms with Gasteiger partial charge < -0.3 is 10.2 Å². The molecule has 0 saturated carbocycles. The standard InChI is InChI=1S/C18H19F2N3O4S2/c19-15-2-1-14(11-16(15)20)29(26,27)23-8-6-22(7-9-23)17(24)3-5-21-18(25)13-4-10-28-12-13/h1-2,4,10-12H,3,5-9H2,(H,21,25). The Kier molecular flexibility index (Phi) is 6.60. The third kappa shape index (κ3) is 4.98. The number of benzene rings is 1. The van der Waals surface area contributed by atoms with Crippen LogP contribution >= 0.6 is 11.3 Å². The molecule has 0 spiro atoms. The number of nitrogens with one attached hydrogen (secondary N) is 1. The Morgan fingerprint density at radius 1 is 1.07 bits per heavy atom. The Bertz CT molecular complexity index is 989. The summed E-state index contributed by atoms with van der Waals surface area (Å²) >= 11 is 1.40. The highest BCUT2D eigenvalue weighted by Crippen LogP contribution is 2.20. The highest BCUT2D eigenvalue weighted by Gasteiger charge is 2.30. The second-order valence-corrected chi connectivity index (χ2v) is 9.10. The number of carbonyl (C=O) groups is 2. The molecule has 2 heterocycles. The molecule has 1 fully saturated rings. The first-order valence-corrected chi connectivity index (χ1v) is 11.2. The maximum absolute atomic E-state index is 13.4. The van der Waals surface area contributed by atoms with Gasteiger partial charge in [-0.25, -0.2) is 17.2 Å². The molecule has 156 valence electrons. The summed E-state index contributed by atoms with van der Waals surface area (Å²) in [5, 5.41) is 6.16. The molecular weight excluding hydrogens is 424 g/mol. The monoisotopic (exact) mass is 443 g/mol. The van der Waals surface area contributed by atoms with Gasteiger partial charge in [-0.15, -0.1) is 0 Å². The van der Waals surface area contributed by atoms with E-state index in [0.29, 0.717) is 11.6 Å². The van der Waals surface area contributed by atoms with Gasteiger partial charge in [-0.1, -0.05) is 0 Å². The number of halogens is 2. The van der Waals surface area contributed by atoms with Crippen LogP contribution in [0.25, 0.3) is 0 Å². The van der Waals surface area contributed by atoms with Crippen LogP contribution in [0, 0.1) is 11.6 Å². The first-order chi connectivity index (χ1) is 13.8. The van der Waals surface area contributed by atoms with Crippen molar-refractivity contribution in [1.29, 1.82) is 0 Å². The number of piperazine rings is 1. The topological polar surface area (TPSA) is 86.8 Å². The summed E-state index contributed by atoms with van der Waals surface area (Å²) < 4.78 is 52.7. The number of carbonyl (C=O) groups excluding carboxylic acids is 2. The number of hydrogen-bond donors (Lipinski definition) is 1. The van der Waals surface area contributed by atoms with Gasteiger partial charge in [0.1, 0.15) is 0 Å². The molecule has 1 aromatic carbocycles. The van der Waals surface area contributed by atoms with E-state index in [9.17, 15) is 26.8 Å². The maximum Gasteiger partial charge on any atom is 0.252 e. The van der Waals surface area contributed by atoms with Crippen LogP contribution in [0.5, 0.6) is 0 Å². The van der Waals surface area contributed by atoms with Crippen LogP contribution in [0.2, 0.25) is 0 Å². The molecule has 2 amide bonds. The molecule has 0 unspecified atom stereocenters. The lowest BCUT2D eigenvalue weighted by Crippen LogP contribution is -2.50. The molecule has 1 aromatic heterocycles. The Hall–Kier alpha value is -2.37. The van der Waals surface area contributed by atoms with Crippen molar-refractivity contribution in [2.24, 2.45) is 0 Å². The summed E-state index contributed by atoms with van der Waals surface area (Å²) in [5.74, 6) is -2.79. The van der Waals surface area contributed by atoms with Gasteiger partial charge in [-0.2, -0.15) is 15.6 Å². The quantitative estimate of drug-likeness (QED) is 0.736. The van der Waals surface area contributed by atoms with Crippen molar-refractivity contribution >= 4 is 33.2 Å². The molecule has 2 aromatic rings. The highest BCUT2D eigenvalue weighted by molar-refractivity contribution is 7.89. The zero-order chi connectivity index (χ0) is 21.0. The summed E-state index contributed by atoms with van der Waals surface area (Å²) in [5.41, 5.74) is 0.540. The predicted molar refractivity (Wildman–Crippen MR) is 103 cm³/mol. The molecule has 1 aliphatic heterocycles. The molecule has 1 saturated heterocycles. The van der Waals surface area contributed by atoms with Crippen LogP contribution in [0.15, 0.2) is 39.9 Å². The van der Waals surface area contributed by atoms with Gasteiger partial charge in [0, 0.05) is 50.1 Å². The van der Waals surface area contributed by atoms with E-state index in [1.165, 1.54) is 16.2 Å². The molecule has 29 heavy (non-hydrogen) atoms. The second-order valence-electron chi connectivity index (χ2n) is 6.38. The van der Waals surface area contributed by atoms with E-state index in [4.69, 9.17) is 0 Å². The maximum atomic E-state index is 13.4. The van der Waals surface area contributed by atoms with E-state index in [2.05, 4.69) is 5.32 Å². The fourth-order valence-corrected chi connectivity index (χ4v) is 4.97. The molecule has 1 aliphatic rings. The third-order valence-electron chi connectivity index (χ3n) is 4.53. The van der Waals surface area contributed by atoms with Gasteiger partial charge in [0.2, 0.25) is 15.9 Å². The number of amides is 2.